The van der Waals surface area contributed by atoms with E-state index in [0.717, 1.165) is 32.7 Å². The molecule has 0 aliphatic rings. The van der Waals surface area contributed by atoms with E-state index in [4.69, 9.17) is 11.6 Å². The van der Waals surface area contributed by atoms with Gasteiger partial charge < -0.3 is 9.88 Å². The number of aromatic nitrogens is 3. The number of rotatable bonds is 7. The lowest BCUT2D eigenvalue weighted by molar-refractivity contribution is -0.115. The maximum atomic E-state index is 12.3. The summed E-state index contributed by atoms with van der Waals surface area (Å²) in [6.07, 6.45) is 0.191. The summed E-state index contributed by atoms with van der Waals surface area (Å²) in [5.74, 6) is 1.33. The molecule has 1 aromatic heterocycles. The highest BCUT2D eigenvalue weighted by atomic mass is 35.5. The van der Waals surface area contributed by atoms with Crippen LogP contribution in [0.25, 0.3) is 0 Å². The van der Waals surface area contributed by atoms with Crippen molar-refractivity contribution in [1.82, 2.24) is 14.8 Å². The number of hydrogen-bond donors (Lipinski definition) is 1. The van der Waals surface area contributed by atoms with Gasteiger partial charge in [0.25, 0.3) is 0 Å². The molecule has 0 spiro atoms. The van der Waals surface area contributed by atoms with Gasteiger partial charge in [0, 0.05) is 23.0 Å². The first kappa shape index (κ1) is 19.5. The zero-order chi connectivity index (χ0) is 19.2. The Labute approximate surface area is 168 Å². The Bertz CT molecular complexity index is 907. The van der Waals surface area contributed by atoms with E-state index in [0.29, 0.717) is 12.4 Å². The molecular formula is C20H21ClN4OS. The number of anilines is 1. The second-order valence-corrected chi connectivity index (χ2v) is 7.53. The van der Waals surface area contributed by atoms with Crippen LogP contribution in [0.3, 0.4) is 0 Å². The Morgan fingerprint density at radius 2 is 1.81 bits per heavy atom. The van der Waals surface area contributed by atoms with E-state index in [-0.39, 0.29) is 12.3 Å². The summed E-state index contributed by atoms with van der Waals surface area (Å²) in [7, 11) is 0. The number of thioether (sulfide) groups is 1. The minimum atomic E-state index is -0.102. The van der Waals surface area contributed by atoms with E-state index in [2.05, 4.69) is 15.5 Å². The number of nitrogens with zero attached hydrogens (tertiary/aromatic N) is 3. The topological polar surface area (TPSA) is 59.8 Å². The number of amides is 1. The van der Waals surface area contributed by atoms with Crippen molar-refractivity contribution in [2.45, 2.75) is 37.7 Å². The molecule has 27 heavy (non-hydrogen) atoms. The van der Waals surface area contributed by atoms with Crippen LogP contribution in [-0.4, -0.2) is 20.7 Å². The fraction of sp³-hybridized carbons (Fsp3) is 0.250. The maximum Gasteiger partial charge on any atom is 0.232 e. The van der Waals surface area contributed by atoms with Gasteiger partial charge in [0.15, 0.2) is 5.16 Å². The van der Waals surface area contributed by atoms with E-state index in [1.807, 2.05) is 66.9 Å². The van der Waals surface area contributed by atoms with E-state index in [9.17, 15) is 4.79 Å². The number of hydrogen-bond acceptors (Lipinski definition) is 4. The molecule has 7 heteroatoms. The molecule has 0 unspecified atom stereocenters. The highest BCUT2D eigenvalue weighted by Gasteiger charge is 2.15. The van der Waals surface area contributed by atoms with Gasteiger partial charge in [-0.25, -0.2) is 0 Å². The third-order valence-corrected chi connectivity index (χ3v) is 5.33. The largest absolute Gasteiger partial charge is 0.326 e. The van der Waals surface area contributed by atoms with Gasteiger partial charge in [0.05, 0.1) is 6.42 Å². The van der Waals surface area contributed by atoms with Crippen molar-refractivity contribution >= 4 is 35.0 Å². The van der Waals surface area contributed by atoms with Crippen LogP contribution in [0.5, 0.6) is 0 Å². The smallest absolute Gasteiger partial charge is 0.232 e. The molecular weight excluding hydrogens is 380 g/mol. The number of carbonyl (C=O) groups is 1. The van der Waals surface area contributed by atoms with Gasteiger partial charge in [-0.15, -0.1) is 10.2 Å². The van der Waals surface area contributed by atoms with Gasteiger partial charge in [0.1, 0.15) is 5.82 Å². The van der Waals surface area contributed by atoms with Crippen molar-refractivity contribution < 1.29 is 4.79 Å². The first-order chi connectivity index (χ1) is 13.0. The average Bonchev–Trinajstić information content (AvgIpc) is 3.04. The van der Waals surface area contributed by atoms with Crippen LogP contribution >= 0.6 is 23.4 Å². The van der Waals surface area contributed by atoms with Crippen LogP contribution in [0.4, 0.5) is 5.69 Å². The summed E-state index contributed by atoms with van der Waals surface area (Å²) in [4.78, 5) is 12.3. The Balaban J connectivity index is 1.63. The van der Waals surface area contributed by atoms with Gasteiger partial charge in [-0.05, 0) is 43.7 Å². The number of carbonyl (C=O) groups excluding carboxylic acids is 1. The van der Waals surface area contributed by atoms with Gasteiger partial charge in [-0.1, -0.05) is 53.2 Å². The second-order valence-electron chi connectivity index (χ2n) is 6.15. The zero-order valence-electron chi connectivity index (χ0n) is 15.3. The molecule has 0 atom stereocenters. The van der Waals surface area contributed by atoms with Gasteiger partial charge >= 0.3 is 0 Å². The lowest BCUT2D eigenvalue weighted by Crippen LogP contribution is -2.17. The molecule has 0 saturated carbocycles. The molecule has 140 valence electrons. The number of nitrogens with one attached hydrogen (secondary N) is 1. The van der Waals surface area contributed by atoms with Crippen molar-refractivity contribution in [2.24, 2.45) is 0 Å². The van der Waals surface area contributed by atoms with Gasteiger partial charge in [-0.2, -0.15) is 0 Å². The quantitative estimate of drug-likeness (QED) is 0.582. The number of aryl methyl sites for hydroxylation is 1. The van der Waals surface area contributed by atoms with Crippen LogP contribution in [0, 0.1) is 6.92 Å². The molecule has 0 bridgehead atoms. The Morgan fingerprint density at radius 1 is 1.11 bits per heavy atom. The van der Waals surface area contributed by atoms with Crippen molar-refractivity contribution in [1.29, 1.82) is 0 Å². The molecule has 0 aliphatic carbocycles. The number of benzene rings is 2. The summed E-state index contributed by atoms with van der Waals surface area (Å²) in [6.45, 7) is 4.75. The SMILES string of the molecule is CCn1c(CC(=O)Nc2ccc(C)cc2)nnc1SCc1ccc(Cl)cc1. The lowest BCUT2D eigenvalue weighted by atomic mass is 10.2. The van der Waals surface area contributed by atoms with Crippen molar-refractivity contribution in [3.63, 3.8) is 0 Å². The van der Waals surface area contributed by atoms with Crippen LogP contribution < -0.4 is 5.32 Å². The molecule has 1 N–H and O–H groups in total. The maximum absolute atomic E-state index is 12.3. The average molecular weight is 401 g/mol. The third-order valence-electron chi connectivity index (χ3n) is 4.04. The van der Waals surface area contributed by atoms with E-state index >= 15 is 0 Å². The van der Waals surface area contributed by atoms with E-state index < -0.39 is 0 Å². The Morgan fingerprint density at radius 3 is 2.48 bits per heavy atom. The molecule has 5 nitrogen and oxygen atoms in total. The van der Waals surface area contributed by atoms with E-state index in [1.54, 1.807) is 11.8 Å². The molecule has 1 heterocycles. The van der Waals surface area contributed by atoms with Crippen LogP contribution in [0.1, 0.15) is 23.9 Å². The molecule has 3 rings (SSSR count). The summed E-state index contributed by atoms with van der Waals surface area (Å²) >= 11 is 7.52. The molecule has 0 aliphatic heterocycles. The summed E-state index contributed by atoms with van der Waals surface area (Å²) in [6, 6.07) is 15.5. The molecule has 2 aromatic carbocycles. The lowest BCUT2D eigenvalue weighted by Gasteiger charge is -2.08. The highest BCUT2D eigenvalue weighted by molar-refractivity contribution is 7.98. The molecule has 0 radical (unpaired) electrons. The summed E-state index contributed by atoms with van der Waals surface area (Å²) < 4.78 is 1.98. The van der Waals surface area contributed by atoms with Crippen LogP contribution in [-0.2, 0) is 23.5 Å². The summed E-state index contributed by atoms with van der Waals surface area (Å²) in [5, 5.41) is 12.9. The predicted molar refractivity (Wildman–Crippen MR) is 110 cm³/mol. The molecule has 0 saturated heterocycles. The van der Waals surface area contributed by atoms with Crippen molar-refractivity contribution in [3.05, 3.63) is 70.5 Å². The minimum absolute atomic E-state index is 0.102. The van der Waals surface area contributed by atoms with E-state index in [1.165, 1.54) is 0 Å². The van der Waals surface area contributed by atoms with Crippen LogP contribution in [0.15, 0.2) is 53.7 Å². The minimum Gasteiger partial charge on any atom is -0.326 e. The summed E-state index contributed by atoms with van der Waals surface area (Å²) in [5.41, 5.74) is 3.10. The third kappa shape index (κ3) is 5.34. The monoisotopic (exact) mass is 400 g/mol. The first-order valence-electron chi connectivity index (χ1n) is 8.71. The highest BCUT2D eigenvalue weighted by Crippen LogP contribution is 2.23. The van der Waals surface area contributed by atoms with Crippen LogP contribution in [0.2, 0.25) is 5.02 Å². The first-order valence-corrected chi connectivity index (χ1v) is 10.1. The predicted octanol–water partition coefficient (Wildman–Crippen LogP) is 4.73. The normalized spacial score (nSPS) is 10.8. The fourth-order valence-electron chi connectivity index (χ4n) is 2.59. The molecule has 0 fully saturated rings. The fourth-order valence-corrected chi connectivity index (χ4v) is 3.69. The van der Waals surface area contributed by atoms with Gasteiger partial charge in [0.2, 0.25) is 5.91 Å². The van der Waals surface area contributed by atoms with Crippen molar-refractivity contribution in [3.8, 4) is 0 Å². The molecule has 1 amide bonds. The zero-order valence-corrected chi connectivity index (χ0v) is 16.8. The Kier molecular flexibility index (Phi) is 6.53. The van der Waals surface area contributed by atoms with Crippen molar-refractivity contribution in [2.75, 3.05) is 5.32 Å². The standard InChI is InChI=1S/C20H21ClN4OS/c1-3-25-18(12-19(26)22-17-10-4-14(2)5-11-17)23-24-20(25)27-13-15-6-8-16(21)9-7-15/h4-11H,3,12-13H2,1-2H3,(H,22,26). The second kappa shape index (κ2) is 9.06. The Hall–Kier alpha value is -2.31. The van der Waals surface area contributed by atoms with Gasteiger partial charge in [-0.3, -0.25) is 4.79 Å². The molecule has 3 aromatic rings. The number of halogens is 1.